The number of hydrogen-bond acceptors (Lipinski definition) is 4. The summed E-state index contributed by atoms with van der Waals surface area (Å²) in [5.74, 6) is 0.632. The highest BCUT2D eigenvalue weighted by atomic mass is 127. The number of benzene rings is 1. The number of ether oxygens (including phenoxy) is 1. The van der Waals surface area contributed by atoms with Crippen molar-refractivity contribution < 1.29 is 4.74 Å². The molecule has 18 heavy (non-hydrogen) atoms. The van der Waals surface area contributed by atoms with Crippen molar-refractivity contribution >= 4 is 44.3 Å². The van der Waals surface area contributed by atoms with E-state index in [9.17, 15) is 0 Å². The second-order valence-corrected chi connectivity index (χ2v) is 5.64. The number of hydrogen-bond donors (Lipinski definition) is 1. The Bertz CT molecular complexity index is 565. The molecule has 0 radical (unpaired) electrons. The van der Waals surface area contributed by atoms with Gasteiger partial charge in [0, 0.05) is 9.13 Å². The molecule has 0 saturated heterocycles. The maximum atomic E-state index is 5.76. The fourth-order valence-electron chi connectivity index (χ4n) is 1.48. The van der Waals surface area contributed by atoms with Gasteiger partial charge in [-0.1, -0.05) is 18.2 Å². The Kier molecular flexibility index (Phi) is 4.39. The van der Waals surface area contributed by atoms with Gasteiger partial charge in [-0.05, 0) is 51.5 Å². The molecule has 6 heteroatoms. The van der Waals surface area contributed by atoms with Crippen molar-refractivity contribution in [3.8, 4) is 5.88 Å². The largest absolute Gasteiger partial charge is 0.467 e. The lowest BCUT2D eigenvalue weighted by molar-refractivity contribution is 0.217. The molecule has 0 amide bonds. The molecule has 0 spiro atoms. The topological polar surface area (TPSA) is 61.0 Å². The fourth-order valence-corrected chi connectivity index (χ4v) is 2.57. The minimum atomic E-state index is -0.135. The van der Waals surface area contributed by atoms with E-state index in [1.165, 1.54) is 0 Å². The second-order valence-electron chi connectivity index (χ2n) is 3.66. The number of rotatable bonds is 3. The van der Waals surface area contributed by atoms with Crippen LogP contribution in [0.1, 0.15) is 18.6 Å². The van der Waals surface area contributed by atoms with Gasteiger partial charge in [0.25, 0.3) is 5.88 Å². The number of anilines is 1. The molecule has 2 aromatic rings. The molecule has 2 rings (SSSR count). The zero-order valence-corrected chi connectivity index (χ0v) is 13.3. The van der Waals surface area contributed by atoms with Gasteiger partial charge in [-0.2, -0.15) is 0 Å². The van der Waals surface area contributed by atoms with Crippen LogP contribution in [-0.2, 0) is 0 Å². The molecule has 0 aliphatic heterocycles. The van der Waals surface area contributed by atoms with E-state index in [0.717, 1.165) is 9.13 Å². The predicted octanol–water partition coefficient (Wildman–Crippen LogP) is 3.57. The van der Waals surface area contributed by atoms with Gasteiger partial charge in [0.05, 0.1) is 6.20 Å². The first-order chi connectivity index (χ1) is 8.58. The molecule has 1 aromatic heterocycles. The molecule has 1 heterocycles. The first-order valence-corrected chi connectivity index (χ1v) is 7.14. The van der Waals surface area contributed by atoms with Crippen LogP contribution in [0.15, 0.2) is 35.1 Å². The normalized spacial score (nSPS) is 12.2. The van der Waals surface area contributed by atoms with Gasteiger partial charge in [-0.3, -0.25) is 0 Å². The lowest BCUT2D eigenvalue weighted by Gasteiger charge is -2.16. The molecular weight excluding hydrogens is 409 g/mol. The molecule has 1 aromatic carbocycles. The highest BCUT2D eigenvalue weighted by molar-refractivity contribution is 14.1. The highest BCUT2D eigenvalue weighted by Gasteiger charge is 2.13. The molecule has 0 aliphatic rings. The van der Waals surface area contributed by atoms with Gasteiger partial charge in [0.15, 0.2) is 5.82 Å². The lowest BCUT2D eigenvalue weighted by atomic mass is 10.1. The smallest absolute Gasteiger partial charge is 0.258 e. The third-order valence-corrected chi connectivity index (χ3v) is 3.73. The molecule has 0 bridgehead atoms. The Hall–Kier alpha value is -0.890. The van der Waals surface area contributed by atoms with Crippen molar-refractivity contribution in [2.45, 2.75) is 13.0 Å². The maximum absolute atomic E-state index is 5.76. The molecule has 2 N–H and O–H groups in total. The molecule has 4 nitrogen and oxygen atoms in total. The molecule has 94 valence electrons. The minimum Gasteiger partial charge on any atom is -0.467 e. The Labute approximate surface area is 127 Å². The minimum absolute atomic E-state index is 0.135. The van der Waals surface area contributed by atoms with Crippen LogP contribution >= 0.6 is 38.5 Å². The van der Waals surface area contributed by atoms with Crippen LogP contribution < -0.4 is 10.5 Å². The van der Waals surface area contributed by atoms with E-state index in [0.29, 0.717) is 10.5 Å². The third-order valence-electron chi connectivity index (χ3n) is 2.37. The summed E-state index contributed by atoms with van der Waals surface area (Å²) in [6.45, 7) is 1.96. The number of nitrogens with two attached hydrogens (primary N) is 1. The maximum Gasteiger partial charge on any atom is 0.258 e. The summed E-state index contributed by atoms with van der Waals surface area (Å²) >= 11 is 5.52. The summed E-state index contributed by atoms with van der Waals surface area (Å²) in [6, 6.07) is 8.03. The van der Waals surface area contributed by atoms with Crippen molar-refractivity contribution in [3.63, 3.8) is 0 Å². The van der Waals surface area contributed by atoms with E-state index < -0.39 is 0 Å². The molecule has 0 fully saturated rings. The van der Waals surface area contributed by atoms with Gasteiger partial charge in [0.2, 0.25) is 0 Å². The van der Waals surface area contributed by atoms with Crippen molar-refractivity contribution in [2.75, 3.05) is 5.73 Å². The van der Waals surface area contributed by atoms with Crippen LogP contribution in [0.3, 0.4) is 0 Å². The first-order valence-electron chi connectivity index (χ1n) is 5.27. The summed E-state index contributed by atoms with van der Waals surface area (Å²) < 4.78 is 7.50. The van der Waals surface area contributed by atoms with E-state index in [2.05, 4.69) is 48.5 Å². The van der Waals surface area contributed by atoms with E-state index in [-0.39, 0.29) is 11.9 Å². The van der Waals surface area contributed by atoms with E-state index in [1.54, 1.807) is 6.20 Å². The van der Waals surface area contributed by atoms with Crippen molar-refractivity contribution in [2.24, 2.45) is 0 Å². The molecule has 1 atom stereocenters. The van der Waals surface area contributed by atoms with Gasteiger partial charge in [-0.15, -0.1) is 0 Å². The van der Waals surface area contributed by atoms with Gasteiger partial charge in [0.1, 0.15) is 10.7 Å². The zero-order valence-electron chi connectivity index (χ0n) is 9.60. The average molecular weight is 420 g/mol. The summed E-state index contributed by atoms with van der Waals surface area (Å²) in [6.07, 6.45) is 1.41. The second kappa shape index (κ2) is 5.83. The number of aromatic nitrogens is 2. The molecule has 0 aliphatic carbocycles. The van der Waals surface area contributed by atoms with Crippen LogP contribution in [0.4, 0.5) is 5.82 Å². The van der Waals surface area contributed by atoms with E-state index in [4.69, 9.17) is 10.5 Å². The standard InChI is InChI=1S/C12H11BrIN3O/c1-7(8-4-2-3-5-9(8)14)18-12-11(15)16-6-10(13)17-12/h2-7H,1H3,(H2,15,16). The van der Waals surface area contributed by atoms with Crippen LogP contribution in [0.5, 0.6) is 5.88 Å². The Morgan fingerprint density at radius 3 is 2.83 bits per heavy atom. The van der Waals surface area contributed by atoms with Gasteiger partial charge in [-0.25, -0.2) is 9.97 Å². The molecular formula is C12H11BrIN3O. The average Bonchev–Trinajstić information content (AvgIpc) is 2.34. The van der Waals surface area contributed by atoms with Crippen molar-refractivity contribution in [1.82, 2.24) is 9.97 Å². The fraction of sp³-hybridized carbons (Fsp3) is 0.167. The Balaban J connectivity index is 2.24. The van der Waals surface area contributed by atoms with E-state index >= 15 is 0 Å². The van der Waals surface area contributed by atoms with Crippen molar-refractivity contribution in [3.05, 3.63) is 44.2 Å². The van der Waals surface area contributed by atoms with Crippen LogP contribution in [0.2, 0.25) is 0 Å². The third kappa shape index (κ3) is 3.11. The summed E-state index contributed by atoms with van der Waals surface area (Å²) in [5.41, 5.74) is 6.83. The quantitative estimate of drug-likeness (QED) is 0.772. The molecule has 1 unspecified atom stereocenters. The van der Waals surface area contributed by atoms with Crippen molar-refractivity contribution in [1.29, 1.82) is 0 Å². The predicted molar refractivity (Wildman–Crippen MR) is 82.3 cm³/mol. The molecule has 0 saturated carbocycles. The van der Waals surface area contributed by atoms with Crippen LogP contribution in [0, 0.1) is 3.57 Å². The SMILES string of the molecule is CC(Oc1nc(Br)cnc1N)c1ccccc1I. The Morgan fingerprint density at radius 2 is 2.11 bits per heavy atom. The van der Waals surface area contributed by atoms with E-state index in [1.807, 2.05) is 31.2 Å². The number of nitrogen functional groups attached to an aromatic ring is 1. The van der Waals surface area contributed by atoms with Gasteiger partial charge >= 0.3 is 0 Å². The lowest BCUT2D eigenvalue weighted by Crippen LogP contribution is -2.08. The van der Waals surface area contributed by atoms with Crippen LogP contribution in [-0.4, -0.2) is 9.97 Å². The summed E-state index contributed by atoms with van der Waals surface area (Å²) in [4.78, 5) is 8.16. The summed E-state index contributed by atoms with van der Waals surface area (Å²) in [7, 11) is 0. The first kappa shape index (κ1) is 13.5. The number of nitrogens with zero attached hydrogens (tertiary/aromatic N) is 2. The summed E-state index contributed by atoms with van der Waals surface area (Å²) in [5, 5.41) is 0. The Morgan fingerprint density at radius 1 is 1.39 bits per heavy atom. The monoisotopic (exact) mass is 419 g/mol. The zero-order chi connectivity index (χ0) is 13.1. The number of halogens is 2. The van der Waals surface area contributed by atoms with Gasteiger partial charge < -0.3 is 10.5 Å². The van der Waals surface area contributed by atoms with Crippen LogP contribution in [0.25, 0.3) is 0 Å². The highest BCUT2D eigenvalue weighted by Crippen LogP contribution is 2.27.